The summed E-state index contributed by atoms with van der Waals surface area (Å²) < 4.78 is 0. The zero-order chi connectivity index (χ0) is 22.1. The van der Waals surface area contributed by atoms with Crippen molar-refractivity contribution in [2.45, 2.75) is 36.3 Å². The van der Waals surface area contributed by atoms with Gasteiger partial charge in [0.2, 0.25) is 11.8 Å². The van der Waals surface area contributed by atoms with E-state index in [0.717, 1.165) is 29.0 Å². The molecule has 0 aliphatic carbocycles. The molecule has 2 N–H and O–H groups in total. The number of nitrogens with one attached hydrogen (secondary N) is 2. The SMILES string of the molecule is CCCCC(=O)Nc1ccc(SC(C(=O)Nc2cccc(Cl)c2)c2ccccc2)cc1. The van der Waals surface area contributed by atoms with Crippen molar-refractivity contribution in [3.05, 3.63) is 89.4 Å². The molecule has 0 bridgehead atoms. The molecule has 0 heterocycles. The Morgan fingerprint density at radius 1 is 0.903 bits per heavy atom. The van der Waals surface area contributed by atoms with Crippen LogP contribution in [-0.4, -0.2) is 11.8 Å². The molecular weight excluding hydrogens is 428 g/mol. The average molecular weight is 453 g/mol. The molecule has 0 radical (unpaired) electrons. The fourth-order valence-corrected chi connectivity index (χ4v) is 4.20. The van der Waals surface area contributed by atoms with Crippen LogP contribution in [0, 0.1) is 0 Å². The van der Waals surface area contributed by atoms with Gasteiger partial charge in [-0.1, -0.05) is 61.3 Å². The second kappa shape index (κ2) is 11.6. The van der Waals surface area contributed by atoms with Crippen molar-refractivity contribution < 1.29 is 9.59 Å². The van der Waals surface area contributed by atoms with Crippen LogP contribution in [0.25, 0.3) is 0 Å². The normalized spacial score (nSPS) is 11.5. The molecule has 31 heavy (non-hydrogen) atoms. The minimum atomic E-state index is -0.440. The molecule has 3 aromatic rings. The lowest BCUT2D eigenvalue weighted by atomic mass is 10.1. The lowest BCUT2D eigenvalue weighted by molar-refractivity contribution is -0.116. The highest BCUT2D eigenvalue weighted by atomic mass is 35.5. The summed E-state index contributed by atoms with van der Waals surface area (Å²) in [5, 5.41) is 6.00. The van der Waals surface area contributed by atoms with Gasteiger partial charge in [-0.3, -0.25) is 9.59 Å². The molecule has 0 aromatic heterocycles. The number of rotatable bonds is 9. The van der Waals surface area contributed by atoms with Crippen molar-refractivity contribution in [1.82, 2.24) is 0 Å². The Bertz CT molecular complexity index is 1010. The standard InChI is InChI=1S/C25H25ClN2O2S/c1-2-3-12-23(29)27-20-13-15-22(16-14-20)31-24(18-8-5-4-6-9-18)25(30)28-21-11-7-10-19(26)17-21/h4-11,13-17,24H,2-3,12H2,1H3,(H,27,29)(H,28,30). The van der Waals surface area contributed by atoms with Crippen molar-refractivity contribution in [3.8, 4) is 0 Å². The third kappa shape index (κ3) is 7.16. The van der Waals surface area contributed by atoms with Crippen LogP contribution in [0.5, 0.6) is 0 Å². The smallest absolute Gasteiger partial charge is 0.242 e. The summed E-state index contributed by atoms with van der Waals surface area (Å²) in [6.45, 7) is 2.06. The van der Waals surface area contributed by atoms with Gasteiger partial charge in [0.1, 0.15) is 5.25 Å². The van der Waals surface area contributed by atoms with Crippen molar-refractivity contribution in [3.63, 3.8) is 0 Å². The first-order chi connectivity index (χ1) is 15.0. The van der Waals surface area contributed by atoms with Crippen molar-refractivity contribution >= 4 is 46.6 Å². The highest BCUT2D eigenvalue weighted by Crippen LogP contribution is 2.36. The zero-order valence-corrected chi connectivity index (χ0v) is 18.9. The van der Waals surface area contributed by atoms with Gasteiger partial charge < -0.3 is 10.6 Å². The molecule has 160 valence electrons. The Hall–Kier alpha value is -2.76. The van der Waals surface area contributed by atoms with E-state index in [0.29, 0.717) is 17.1 Å². The molecule has 0 saturated carbocycles. The van der Waals surface area contributed by atoms with Crippen LogP contribution < -0.4 is 10.6 Å². The van der Waals surface area contributed by atoms with Gasteiger partial charge in [-0.05, 0) is 54.4 Å². The summed E-state index contributed by atoms with van der Waals surface area (Å²) in [7, 11) is 0. The van der Waals surface area contributed by atoms with Gasteiger partial charge in [-0.2, -0.15) is 0 Å². The van der Waals surface area contributed by atoms with Gasteiger partial charge in [0.15, 0.2) is 0 Å². The molecule has 0 saturated heterocycles. The van der Waals surface area contributed by atoms with Crippen LogP contribution in [0.3, 0.4) is 0 Å². The van der Waals surface area contributed by atoms with Gasteiger partial charge in [-0.25, -0.2) is 0 Å². The molecule has 0 fully saturated rings. The maximum absolute atomic E-state index is 13.1. The number of hydrogen-bond acceptors (Lipinski definition) is 3. The monoisotopic (exact) mass is 452 g/mol. The summed E-state index contributed by atoms with van der Waals surface area (Å²) in [5.41, 5.74) is 2.32. The van der Waals surface area contributed by atoms with Crippen molar-refractivity contribution in [2.75, 3.05) is 10.6 Å². The molecular formula is C25H25ClN2O2S. The minimum Gasteiger partial charge on any atom is -0.326 e. The number of hydrogen-bond donors (Lipinski definition) is 2. The number of carbonyl (C=O) groups is 2. The highest BCUT2D eigenvalue weighted by molar-refractivity contribution is 8.00. The summed E-state index contributed by atoms with van der Waals surface area (Å²) in [6, 6.07) is 24.3. The summed E-state index contributed by atoms with van der Waals surface area (Å²) in [6.07, 6.45) is 2.38. The molecule has 4 nitrogen and oxygen atoms in total. The first-order valence-corrected chi connectivity index (χ1v) is 11.5. The number of benzene rings is 3. The Morgan fingerprint density at radius 3 is 2.32 bits per heavy atom. The number of carbonyl (C=O) groups excluding carboxylic acids is 2. The van der Waals surface area contributed by atoms with E-state index in [1.165, 1.54) is 11.8 Å². The summed E-state index contributed by atoms with van der Waals surface area (Å²) in [4.78, 5) is 26.0. The van der Waals surface area contributed by atoms with Crippen LogP contribution in [0.1, 0.15) is 37.0 Å². The first-order valence-electron chi connectivity index (χ1n) is 10.2. The van der Waals surface area contributed by atoms with Gasteiger partial charge in [-0.15, -0.1) is 11.8 Å². The van der Waals surface area contributed by atoms with E-state index in [1.54, 1.807) is 18.2 Å². The Kier molecular flexibility index (Phi) is 8.56. The van der Waals surface area contributed by atoms with Crippen LogP contribution >= 0.6 is 23.4 Å². The second-order valence-electron chi connectivity index (χ2n) is 7.08. The summed E-state index contributed by atoms with van der Waals surface area (Å²) in [5.74, 6) is -0.110. The zero-order valence-electron chi connectivity index (χ0n) is 17.3. The number of halogens is 1. The lowest BCUT2D eigenvalue weighted by Crippen LogP contribution is -2.19. The number of thioether (sulfide) groups is 1. The van der Waals surface area contributed by atoms with E-state index in [2.05, 4.69) is 17.6 Å². The molecule has 1 unspecified atom stereocenters. The number of amides is 2. The fourth-order valence-electron chi connectivity index (χ4n) is 2.99. The van der Waals surface area contributed by atoms with E-state index in [4.69, 9.17) is 11.6 Å². The Balaban J connectivity index is 1.73. The van der Waals surface area contributed by atoms with Gasteiger partial charge in [0, 0.05) is 27.7 Å². The van der Waals surface area contributed by atoms with E-state index < -0.39 is 5.25 Å². The summed E-state index contributed by atoms with van der Waals surface area (Å²) >= 11 is 7.50. The molecule has 3 aromatic carbocycles. The number of unbranched alkanes of at least 4 members (excludes halogenated alkanes) is 1. The van der Waals surface area contributed by atoms with E-state index >= 15 is 0 Å². The first kappa shape index (κ1) is 22.9. The van der Waals surface area contributed by atoms with E-state index in [1.807, 2.05) is 60.7 Å². The van der Waals surface area contributed by atoms with Crippen LogP contribution in [-0.2, 0) is 9.59 Å². The molecule has 3 rings (SSSR count). The molecule has 1 atom stereocenters. The van der Waals surface area contributed by atoms with Crippen LogP contribution in [0.2, 0.25) is 5.02 Å². The molecule has 2 amide bonds. The van der Waals surface area contributed by atoms with Crippen LogP contribution in [0.4, 0.5) is 11.4 Å². The second-order valence-corrected chi connectivity index (χ2v) is 8.70. The van der Waals surface area contributed by atoms with Gasteiger partial charge in [0.25, 0.3) is 0 Å². The Morgan fingerprint density at radius 2 is 1.65 bits per heavy atom. The predicted octanol–water partition coefficient (Wildman–Crippen LogP) is 6.94. The minimum absolute atomic E-state index is 0.0188. The lowest BCUT2D eigenvalue weighted by Gasteiger charge is -2.17. The van der Waals surface area contributed by atoms with Gasteiger partial charge in [0.05, 0.1) is 0 Å². The average Bonchev–Trinajstić information content (AvgIpc) is 2.77. The van der Waals surface area contributed by atoms with Gasteiger partial charge >= 0.3 is 0 Å². The molecule has 0 spiro atoms. The highest BCUT2D eigenvalue weighted by Gasteiger charge is 2.22. The number of anilines is 2. The van der Waals surface area contributed by atoms with Crippen molar-refractivity contribution in [2.24, 2.45) is 0 Å². The fraction of sp³-hybridized carbons (Fsp3) is 0.200. The third-order valence-electron chi connectivity index (χ3n) is 4.58. The maximum Gasteiger partial charge on any atom is 0.242 e. The predicted molar refractivity (Wildman–Crippen MR) is 130 cm³/mol. The topological polar surface area (TPSA) is 58.2 Å². The maximum atomic E-state index is 13.1. The van der Waals surface area contributed by atoms with Crippen LogP contribution in [0.15, 0.2) is 83.8 Å². The molecule has 6 heteroatoms. The molecule has 0 aliphatic heterocycles. The third-order valence-corrected chi connectivity index (χ3v) is 6.08. The van der Waals surface area contributed by atoms with Crippen molar-refractivity contribution in [1.29, 1.82) is 0 Å². The Labute approximate surface area is 192 Å². The molecule has 0 aliphatic rings. The largest absolute Gasteiger partial charge is 0.326 e. The van der Waals surface area contributed by atoms with E-state index in [-0.39, 0.29) is 11.8 Å². The van der Waals surface area contributed by atoms with E-state index in [9.17, 15) is 9.59 Å². The quantitative estimate of drug-likeness (QED) is 0.345.